The van der Waals surface area contributed by atoms with Crippen LogP contribution in [-0.4, -0.2) is 16.9 Å². The first kappa shape index (κ1) is 17.6. The van der Waals surface area contributed by atoms with Crippen molar-refractivity contribution < 1.29 is 13.9 Å². The van der Waals surface area contributed by atoms with E-state index in [0.717, 1.165) is 5.56 Å². The van der Waals surface area contributed by atoms with E-state index < -0.39 is 5.82 Å². The molecule has 3 rings (SSSR count). The zero-order valence-electron chi connectivity index (χ0n) is 13.8. The molecule has 0 aliphatic carbocycles. The number of aryl methyl sites for hydroxylation is 2. The van der Waals surface area contributed by atoms with Gasteiger partial charge in [-0.1, -0.05) is 23.2 Å². The first-order valence-corrected chi connectivity index (χ1v) is 8.16. The molecule has 0 spiro atoms. The Morgan fingerprint density at radius 3 is 2.48 bits per heavy atom. The Kier molecular flexibility index (Phi) is 4.88. The minimum atomic E-state index is -0.432. The Labute approximate surface area is 154 Å². The van der Waals surface area contributed by atoms with Gasteiger partial charge in [-0.15, -0.1) is 0 Å². The molecular weight excluding hydrogens is 366 g/mol. The van der Waals surface area contributed by atoms with E-state index in [1.807, 2.05) is 13.0 Å². The third kappa shape index (κ3) is 3.43. The van der Waals surface area contributed by atoms with Crippen LogP contribution in [0.15, 0.2) is 36.4 Å². The summed E-state index contributed by atoms with van der Waals surface area (Å²) in [4.78, 5) is 0. The fourth-order valence-electron chi connectivity index (χ4n) is 2.54. The first-order chi connectivity index (χ1) is 11.9. The molecule has 1 heterocycles. The fourth-order valence-corrected chi connectivity index (χ4v) is 3.01. The molecule has 0 N–H and O–H groups in total. The zero-order chi connectivity index (χ0) is 18.1. The molecule has 0 atom stereocenters. The van der Waals surface area contributed by atoms with Crippen molar-refractivity contribution in [1.82, 2.24) is 9.78 Å². The average molecular weight is 381 g/mol. The molecule has 0 aliphatic rings. The van der Waals surface area contributed by atoms with E-state index in [1.54, 1.807) is 31.0 Å². The van der Waals surface area contributed by atoms with E-state index in [1.165, 1.54) is 18.2 Å². The maximum atomic E-state index is 13.3. The van der Waals surface area contributed by atoms with E-state index in [2.05, 4.69) is 5.10 Å². The number of aromatic nitrogens is 2. The summed E-state index contributed by atoms with van der Waals surface area (Å²) in [5.74, 6) is 1.06. The zero-order valence-corrected chi connectivity index (χ0v) is 15.3. The van der Waals surface area contributed by atoms with E-state index in [4.69, 9.17) is 32.7 Å². The lowest BCUT2D eigenvalue weighted by molar-refractivity contribution is 0.415. The van der Waals surface area contributed by atoms with Crippen LogP contribution in [-0.2, 0) is 7.05 Å². The number of ether oxygens (including phenoxy) is 2. The standard InChI is InChI=1S/C18H15Cl2FN2O2/c1-10-18(25-16-7-4-11(21)8-15(16)20)17(23(2)22-10)13-6-5-12(24-3)9-14(13)19/h4-9H,1-3H3. The topological polar surface area (TPSA) is 36.3 Å². The monoisotopic (exact) mass is 380 g/mol. The minimum Gasteiger partial charge on any atom is -0.497 e. The van der Waals surface area contributed by atoms with Crippen molar-refractivity contribution in [2.24, 2.45) is 7.05 Å². The predicted molar refractivity (Wildman–Crippen MR) is 96.4 cm³/mol. The Hall–Kier alpha value is -2.24. The van der Waals surface area contributed by atoms with Gasteiger partial charge in [-0.25, -0.2) is 4.39 Å². The summed E-state index contributed by atoms with van der Waals surface area (Å²) in [6.45, 7) is 1.81. The van der Waals surface area contributed by atoms with Crippen LogP contribution in [0.1, 0.15) is 5.69 Å². The number of nitrogens with zero attached hydrogens (tertiary/aromatic N) is 2. The highest BCUT2D eigenvalue weighted by atomic mass is 35.5. The molecule has 0 saturated carbocycles. The lowest BCUT2D eigenvalue weighted by Gasteiger charge is -2.12. The Balaban J connectivity index is 2.10. The smallest absolute Gasteiger partial charge is 0.176 e. The molecule has 0 unspecified atom stereocenters. The molecule has 0 fully saturated rings. The van der Waals surface area contributed by atoms with Crippen LogP contribution in [0.4, 0.5) is 4.39 Å². The Morgan fingerprint density at radius 1 is 1.08 bits per heavy atom. The van der Waals surface area contributed by atoms with Crippen LogP contribution in [0.2, 0.25) is 10.0 Å². The number of hydrogen-bond donors (Lipinski definition) is 0. The molecule has 0 amide bonds. The second kappa shape index (κ2) is 6.94. The summed E-state index contributed by atoms with van der Waals surface area (Å²) in [5.41, 5.74) is 2.08. The molecule has 25 heavy (non-hydrogen) atoms. The average Bonchev–Trinajstić information content (AvgIpc) is 2.83. The van der Waals surface area contributed by atoms with Gasteiger partial charge in [0.05, 0.1) is 17.2 Å². The number of benzene rings is 2. The van der Waals surface area contributed by atoms with Crippen molar-refractivity contribution in [2.45, 2.75) is 6.92 Å². The molecule has 0 aliphatic heterocycles. The van der Waals surface area contributed by atoms with Crippen molar-refractivity contribution in [3.63, 3.8) is 0 Å². The SMILES string of the molecule is COc1ccc(-c2c(Oc3ccc(F)cc3Cl)c(C)nn2C)c(Cl)c1. The lowest BCUT2D eigenvalue weighted by atomic mass is 10.1. The maximum Gasteiger partial charge on any atom is 0.176 e. The second-order valence-corrected chi connectivity index (χ2v) is 6.22. The van der Waals surface area contributed by atoms with E-state index >= 15 is 0 Å². The number of rotatable bonds is 4. The molecule has 3 aromatic rings. The van der Waals surface area contributed by atoms with Gasteiger partial charge < -0.3 is 9.47 Å². The highest BCUT2D eigenvalue weighted by molar-refractivity contribution is 6.33. The van der Waals surface area contributed by atoms with E-state index in [9.17, 15) is 4.39 Å². The summed E-state index contributed by atoms with van der Waals surface area (Å²) in [7, 11) is 3.37. The molecule has 0 radical (unpaired) electrons. The van der Waals surface area contributed by atoms with Crippen molar-refractivity contribution in [2.75, 3.05) is 7.11 Å². The van der Waals surface area contributed by atoms with Gasteiger partial charge in [-0.3, -0.25) is 4.68 Å². The van der Waals surface area contributed by atoms with Crippen LogP contribution in [0.3, 0.4) is 0 Å². The van der Waals surface area contributed by atoms with E-state index in [-0.39, 0.29) is 5.02 Å². The van der Waals surface area contributed by atoms with Crippen molar-refractivity contribution in [3.8, 4) is 28.5 Å². The van der Waals surface area contributed by atoms with Crippen LogP contribution >= 0.6 is 23.2 Å². The number of hydrogen-bond acceptors (Lipinski definition) is 3. The quantitative estimate of drug-likeness (QED) is 0.587. The van der Waals surface area contributed by atoms with Crippen LogP contribution in [0.5, 0.6) is 17.2 Å². The van der Waals surface area contributed by atoms with Crippen molar-refractivity contribution in [3.05, 3.63) is 58.0 Å². The second-order valence-electron chi connectivity index (χ2n) is 5.41. The number of methoxy groups -OCH3 is 1. The minimum absolute atomic E-state index is 0.176. The normalized spacial score (nSPS) is 10.8. The van der Waals surface area contributed by atoms with Crippen LogP contribution < -0.4 is 9.47 Å². The molecule has 0 saturated heterocycles. The van der Waals surface area contributed by atoms with Gasteiger partial charge in [0.2, 0.25) is 0 Å². The first-order valence-electron chi connectivity index (χ1n) is 7.41. The molecule has 2 aromatic carbocycles. The van der Waals surface area contributed by atoms with Crippen molar-refractivity contribution in [1.29, 1.82) is 0 Å². The summed E-state index contributed by atoms with van der Waals surface area (Å²) < 4.78 is 26.1. The molecule has 1 aromatic heterocycles. The third-order valence-electron chi connectivity index (χ3n) is 3.70. The van der Waals surface area contributed by atoms with E-state index in [0.29, 0.717) is 33.7 Å². The van der Waals surface area contributed by atoms with Gasteiger partial charge in [0.25, 0.3) is 0 Å². The van der Waals surface area contributed by atoms with Gasteiger partial charge in [-0.2, -0.15) is 5.10 Å². The maximum absolute atomic E-state index is 13.3. The highest BCUT2D eigenvalue weighted by Gasteiger charge is 2.21. The predicted octanol–water partition coefficient (Wildman–Crippen LogP) is 5.64. The highest BCUT2D eigenvalue weighted by Crippen LogP contribution is 2.41. The molecule has 130 valence electrons. The summed E-state index contributed by atoms with van der Waals surface area (Å²) >= 11 is 12.5. The third-order valence-corrected chi connectivity index (χ3v) is 4.31. The Morgan fingerprint density at radius 2 is 1.84 bits per heavy atom. The van der Waals surface area contributed by atoms with Crippen LogP contribution in [0, 0.1) is 12.7 Å². The summed E-state index contributed by atoms with van der Waals surface area (Å²) in [6.07, 6.45) is 0. The Bertz CT molecular complexity index is 941. The van der Waals surface area contributed by atoms with Gasteiger partial charge >= 0.3 is 0 Å². The van der Waals surface area contributed by atoms with Crippen LogP contribution in [0.25, 0.3) is 11.3 Å². The molecule has 4 nitrogen and oxygen atoms in total. The summed E-state index contributed by atoms with van der Waals surface area (Å²) in [5, 5.41) is 5.07. The lowest BCUT2D eigenvalue weighted by Crippen LogP contribution is -1.96. The van der Waals surface area contributed by atoms with Gasteiger partial charge in [0, 0.05) is 12.6 Å². The number of halogens is 3. The van der Waals surface area contributed by atoms with Crippen molar-refractivity contribution >= 4 is 23.2 Å². The fraction of sp³-hybridized carbons (Fsp3) is 0.167. The van der Waals surface area contributed by atoms with Gasteiger partial charge in [0.15, 0.2) is 5.75 Å². The largest absolute Gasteiger partial charge is 0.497 e. The molecular formula is C18H15Cl2FN2O2. The summed E-state index contributed by atoms with van der Waals surface area (Å²) in [6, 6.07) is 9.31. The van der Waals surface area contributed by atoms with Gasteiger partial charge in [0.1, 0.15) is 28.7 Å². The van der Waals surface area contributed by atoms with Gasteiger partial charge in [-0.05, 0) is 43.3 Å². The molecule has 0 bridgehead atoms. The molecule has 7 heteroatoms.